The number of halogens is 1. The Hall–Kier alpha value is -0.710. The molecule has 2 aromatic rings. The van der Waals surface area contributed by atoms with Crippen LogP contribution in [-0.2, 0) is 10.3 Å². The van der Waals surface area contributed by atoms with Gasteiger partial charge in [0.05, 0.1) is 5.69 Å². The molecule has 0 unspecified atom stereocenters. The van der Waals surface area contributed by atoms with E-state index in [1.54, 1.807) is 11.3 Å². The van der Waals surface area contributed by atoms with Crippen LogP contribution >= 0.6 is 27.3 Å². The third kappa shape index (κ3) is 3.38. The molecule has 2 nitrogen and oxygen atoms in total. The molecule has 0 spiro atoms. The number of nitrogens with zero attached hydrogens (tertiary/aromatic N) is 1. The Morgan fingerprint density at radius 2 is 1.95 bits per heavy atom. The van der Waals surface area contributed by atoms with Crippen molar-refractivity contribution in [1.82, 2.24) is 4.98 Å². The highest BCUT2D eigenvalue weighted by molar-refractivity contribution is 9.10. The Morgan fingerprint density at radius 1 is 1.24 bits per heavy atom. The summed E-state index contributed by atoms with van der Waals surface area (Å²) in [5.74, 6) is 0. The number of hydrogen-bond donors (Lipinski definition) is 0. The number of hydrogen-bond acceptors (Lipinski definition) is 3. The Kier molecular flexibility index (Phi) is 5.58. The van der Waals surface area contributed by atoms with E-state index in [4.69, 9.17) is 9.72 Å². The summed E-state index contributed by atoms with van der Waals surface area (Å²) in [6, 6.07) is 8.31. The first-order valence-corrected chi connectivity index (χ1v) is 9.05. The van der Waals surface area contributed by atoms with Gasteiger partial charge in [-0.3, -0.25) is 0 Å². The second-order valence-corrected chi connectivity index (χ2v) is 7.19. The lowest BCUT2D eigenvalue weighted by Gasteiger charge is -2.29. The topological polar surface area (TPSA) is 22.1 Å². The standard InChI is InChI=1S/C17H22BrNOS/c1-5-17(6-2,20-7-3)16-19-15(12(4)21-16)13-9-8-10-14(18)11-13/h8-11H,5-7H2,1-4H3. The fraction of sp³-hybridized carbons (Fsp3) is 0.471. The fourth-order valence-corrected chi connectivity index (χ4v) is 4.21. The lowest BCUT2D eigenvalue weighted by molar-refractivity contribution is -0.0505. The molecule has 1 heterocycles. The fourth-order valence-electron chi connectivity index (χ4n) is 2.59. The van der Waals surface area contributed by atoms with Gasteiger partial charge in [0.15, 0.2) is 0 Å². The van der Waals surface area contributed by atoms with Gasteiger partial charge < -0.3 is 4.74 Å². The summed E-state index contributed by atoms with van der Waals surface area (Å²) in [6.07, 6.45) is 1.89. The first kappa shape index (κ1) is 16.7. The van der Waals surface area contributed by atoms with Crippen molar-refractivity contribution in [3.8, 4) is 11.3 Å². The molecule has 0 fully saturated rings. The monoisotopic (exact) mass is 367 g/mol. The number of rotatable bonds is 6. The number of aryl methyl sites for hydroxylation is 1. The van der Waals surface area contributed by atoms with Crippen molar-refractivity contribution in [2.75, 3.05) is 6.61 Å². The van der Waals surface area contributed by atoms with E-state index < -0.39 is 0 Å². The molecule has 0 N–H and O–H groups in total. The Labute approximate surface area is 139 Å². The molecule has 2 rings (SSSR count). The molecule has 1 aromatic heterocycles. The van der Waals surface area contributed by atoms with Crippen molar-refractivity contribution in [2.24, 2.45) is 0 Å². The number of thiazole rings is 1. The average molecular weight is 368 g/mol. The third-order valence-corrected chi connectivity index (χ3v) is 5.50. The van der Waals surface area contributed by atoms with Gasteiger partial charge >= 0.3 is 0 Å². The lowest BCUT2D eigenvalue weighted by Crippen LogP contribution is -2.28. The summed E-state index contributed by atoms with van der Waals surface area (Å²) < 4.78 is 7.16. The zero-order valence-corrected chi connectivity index (χ0v) is 15.5. The average Bonchev–Trinajstić information content (AvgIpc) is 2.87. The molecule has 0 atom stereocenters. The predicted molar refractivity (Wildman–Crippen MR) is 93.9 cm³/mol. The van der Waals surface area contributed by atoms with Crippen LogP contribution in [0.15, 0.2) is 28.7 Å². The maximum atomic E-state index is 6.08. The lowest BCUT2D eigenvalue weighted by atomic mass is 9.98. The van der Waals surface area contributed by atoms with Crippen LogP contribution in [0, 0.1) is 6.92 Å². The smallest absolute Gasteiger partial charge is 0.126 e. The van der Waals surface area contributed by atoms with E-state index in [9.17, 15) is 0 Å². The quantitative estimate of drug-likeness (QED) is 0.630. The van der Waals surface area contributed by atoms with Gasteiger partial charge in [-0.2, -0.15) is 0 Å². The van der Waals surface area contributed by atoms with Gasteiger partial charge in [0.2, 0.25) is 0 Å². The van der Waals surface area contributed by atoms with Crippen LogP contribution < -0.4 is 0 Å². The highest BCUT2D eigenvalue weighted by Crippen LogP contribution is 2.39. The second kappa shape index (κ2) is 7.03. The summed E-state index contributed by atoms with van der Waals surface area (Å²) in [6.45, 7) is 9.26. The molecule has 0 radical (unpaired) electrons. The zero-order chi connectivity index (χ0) is 15.5. The van der Waals surface area contributed by atoms with E-state index in [0.29, 0.717) is 6.61 Å². The predicted octanol–water partition coefficient (Wildman–Crippen LogP) is 5.93. The summed E-state index contributed by atoms with van der Waals surface area (Å²) in [5, 5.41) is 1.10. The molecule has 1 aromatic carbocycles. The molecule has 0 bridgehead atoms. The third-order valence-electron chi connectivity index (χ3n) is 3.85. The Balaban J connectivity index is 2.47. The van der Waals surface area contributed by atoms with E-state index in [-0.39, 0.29) is 5.60 Å². The van der Waals surface area contributed by atoms with Gasteiger partial charge in [0.25, 0.3) is 0 Å². The highest BCUT2D eigenvalue weighted by atomic mass is 79.9. The SMILES string of the molecule is CCOC(CC)(CC)c1nc(-c2cccc(Br)c2)c(C)s1. The van der Waals surface area contributed by atoms with Gasteiger partial charge in [-0.1, -0.05) is 41.9 Å². The minimum atomic E-state index is -0.242. The summed E-state index contributed by atoms with van der Waals surface area (Å²) >= 11 is 5.29. The van der Waals surface area contributed by atoms with Crippen LogP contribution in [-0.4, -0.2) is 11.6 Å². The molecule has 114 valence electrons. The second-order valence-electron chi connectivity index (χ2n) is 5.07. The van der Waals surface area contributed by atoms with Gasteiger partial charge in [0, 0.05) is 21.5 Å². The molecule has 0 aliphatic rings. The molecule has 0 saturated carbocycles. The molecule has 4 heteroatoms. The minimum absolute atomic E-state index is 0.242. The molecule has 0 amide bonds. The van der Waals surface area contributed by atoms with E-state index >= 15 is 0 Å². The number of benzene rings is 1. The van der Waals surface area contributed by atoms with Crippen molar-refractivity contribution >= 4 is 27.3 Å². The van der Waals surface area contributed by atoms with Crippen molar-refractivity contribution < 1.29 is 4.74 Å². The zero-order valence-electron chi connectivity index (χ0n) is 13.1. The van der Waals surface area contributed by atoms with E-state index in [1.165, 1.54) is 4.88 Å². The first-order valence-electron chi connectivity index (χ1n) is 7.44. The van der Waals surface area contributed by atoms with Crippen LogP contribution in [0.1, 0.15) is 43.5 Å². The molecule has 21 heavy (non-hydrogen) atoms. The Bertz CT molecular complexity index is 605. The molecule has 0 aliphatic carbocycles. The van der Waals surface area contributed by atoms with Crippen molar-refractivity contribution in [2.45, 2.75) is 46.1 Å². The maximum absolute atomic E-state index is 6.08. The van der Waals surface area contributed by atoms with Crippen LogP contribution in [0.25, 0.3) is 11.3 Å². The number of aromatic nitrogens is 1. The summed E-state index contributed by atoms with van der Waals surface area (Å²) in [5.41, 5.74) is 1.98. The van der Waals surface area contributed by atoms with Crippen LogP contribution in [0.2, 0.25) is 0 Å². The largest absolute Gasteiger partial charge is 0.368 e. The first-order chi connectivity index (χ1) is 10.1. The molecule has 0 aliphatic heterocycles. The molecule has 0 saturated heterocycles. The summed E-state index contributed by atoms with van der Waals surface area (Å²) in [4.78, 5) is 6.17. The summed E-state index contributed by atoms with van der Waals surface area (Å²) in [7, 11) is 0. The van der Waals surface area contributed by atoms with E-state index in [1.807, 2.05) is 12.1 Å². The van der Waals surface area contributed by atoms with Crippen molar-refractivity contribution in [1.29, 1.82) is 0 Å². The van der Waals surface area contributed by atoms with Gasteiger partial charge in [-0.25, -0.2) is 4.98 Å². The maximum Gasteiger partial charge on any atom is 0.126 e. The van der Waals surface area contributed by atoms with E-state index in [0.717, 1.165) is 33.6 Å². The molecular formula is C17H22BrNOS. The molecular weight excluding hydrogens is 346 g/mol. The van der Waals surface area contributed by atoms with Crippen molar-refractivity contribution in [3.63, 3.8) is 0 Å². The van der Waals surface area contributed by atoms with Gasteiger partial charge in [-0.05, 0) is 38.8 Å². The van der Waals surface area contributed by atoms with E-state index in [2.05, 4.69) is 55.8 Å². The minimum Gasteiger partial charge on any atom is -0.368 e. The van der Waals surface area contributed by atoms with Crippen LogP contribution in [0.3, 0.4) is 0 Å². The van der Waals surface area contributed by atoms with Gasteiger partial charge in [-0.15, -0.1) is 11.3 Å². The number of ether oxygens (including phenoxy) is 1. The highest BCUT2D eigenvalue weighted by Gasteiger charge is 2.33. The Morgan fingerprint density at radius 3 is 2.52 bits per heavy atom. The van der Waals surface area contributed by atoms with Gasteiger partial charge in [0.1, 0.15) is 10.6 Å². The van der Waals surface area contributed by atoms with Crippen LogP contribution in [0.5, 0.6) is 0 Å². The van der Waals surface area contributed by atoms with Crippen molar-refractivity contribution in [3.05, 3.63) is 38.6 Å². The van der Waals surface area contributed by atoms with Crippen LogP contribution in [0.4, 0.5) is 0 Å². The normalized spacial score (nSPS) is 11.9.